The molecule has 2 N–H and O–H groups in total. The summed E-state index contributed by atoms with van der Waals surface area (Å²) in [5, 5.41) is 12.5. The Balaban J connectivity index is 1.13. The van der Waals surface area contributed by atoms with E-state index in [1.807, 2.05) is 41.3 Å². The van der Waals surface area contributed by atoms with Crippen LogP contribution in [0.15, 0.2) is 85.2 Å². The number of rotatable bonds is 11. The topological polar surface area (TPSA) is 95.4 Å². The van der Waals surface area contributed by atoms with Crippen LogP contribution in [0.2, 0.25) is 0 Å². The number of carboxylic acid groups (broad SMARTS) is 1. The van der Waals surface area contributed by atoms with Gasteiger partial charge in [-0.15, -0.1) is 11.3 Å². The first-order valence-corrected chi connectivity index (χ1v) is 17.6. The van der Waals surface area contributed by atoms with Crippen molar-refractivity contribution in [2.24, 2.45) is 5.92 Å². The number of carboxylic acids is 1. The van der Waals surface area contributed by atoms with Crippen molar-refractivity contribution in [1.29, 1.82) is 0 Å². The normalized spacial score (nSPS) is 14.5. The van der Waals surface area contributed by atoms with Crippen molar-refractivity contribution in [3.05, 3.63) is 118 Å². The van der Waals surface area contributed by atoms with Gasteiger partial charge in [0.05, 0.1) is 10.8 Å². The van der Waals surface area contributed by atoms with Crippen molar-refractivity contribution < 1.29 is 32.3 Å². The molecular weight excluding hydrogens is 693 g/mol. The summed E-state index contributed by atoms with van der Waals surface area (Å²) in [7, 11) is 0. The quantitative estimate of drug-likeness (QED) is 0.132. The van der Waals surface area contributed by atoms with E-state index in [4.69, 9.17) is 0 Å². The molecule has 0 radical (unpaired) electrons. The van der Waals surface area contributed by atoms with Crippen LogP contribution in [0.3, 0.4) is 0 Å². The van der Waals surface area contributed by atoms with E-state index < -0.39 is 35.0 Å². The van der Waals surface area contributed by atoms with Gasteiger partial charge in [0, 0.05) is 77.7 Å². The van der Waals surface area contributed by atoms with Gasteiger partial charge in [-0.3, -0.25) is 14.5 Å². The Kier molecular flexibility index (Phi) is 10.3. The van der Waals surface area contributed by atoms with Crippen LogP contribution in [-0.2, 0) is 22.6 Å². The first-order chi connectivity index (χ1) is 24.5. The number of alkyl halides is 2. The lowest BCUT2D eigenvalue weighted by Gasteiger charge is -2.39. The van der Waals surface area contributed by atoms with E-state index in [0.29, 0.717) is 49.2 Å². The number of aliphatic carboxylic acids is 1. The third-order valence-corrected chi connectivity index (χ3v) is 10.6. The summed E-state index contributed by atoms with van der Waals surface area (Å²) in [5.74, 6) is -5.68. The van der Waals surface area contributed by atoms with Crippen LogP contribution in [0.5, 0.6) is 0 Å². The molecule has 1 saturated heterocycles. The fourth-order valence-electron chi connectivity index (χ4n) is 6.10. The maximum Gasteiger partial charge on any atom is 0.309 e. The Bertz CT molecular complexity index is 2080. The molecule has 0 unspecified atom stereocenters. The van der Waals surface area contributed by atoms with E-state index in [-0.39, 0.29) is 34.1 Å². The third-order valence-electron chi connectivity index (χ3n) is 9.10. The molecular formula is C40H38F4N4O3S. The van der Waals surface area contributed by atoms with Crippen LogP contribution < -0.4 is 5.32 Å². The molecule has 0 bridgehead atoms. The highest BCUT2D eigenvalue weighted by Gasteiger charge is 2.34. The Hall–Kier alpha value is -4.94. The van der Waals surface area contributed by atoms with Crippen molar-refractivity contribution in [2.45, 2.75) is 51.5 Å². The molecule has 1 atom stereocenters. The molecule has 2 aromatic heterocycles. The number of nitrogens with zero attached hydrogens (tertiary/aromatic N) is 3. The van der Waals surface area contributed by atoms with Crippen LogP contribution >= 0.6 is 11.3 Å². The fraction of sp³-hybridized carbons (Fsp3) is 0.300. The van der Waals surface area contributed by atoms with Gasteiger partial charge in [-0.25, -0.2) is 27.5 Å². The van der Waals surface area contributed by atoms with E-state index in [1.54, 1.807) is 0 Å². The number of hydrogen-bond acceptors (Lipinski definition) is 6. The van der Waals surface area contributed by atoms with Gasteiger partial charge in [0.2, 0.25) is 0 Å². The summed E-state index contributed by atoms with van der Waals surface area (Å²) < 4.78 is 57.1. The predicted molar refractivity (Wildman–Crippen MR) is 193 cm³/mol. The van der Waals surface area contributed by atoms with Crippen molar-refractivity contribution in [1.82, 2.24) is 20.2 Å². The number of nitrogens with one attached hydrogen (secondary N) is 1. The van der Waals surface area contributed by atoms with Crippen LogP contribution in [0.1, 0.15) is 53.4 Å². The number of carbonyl (C=O) groups is 2. The Labute approximate surface area is 303 Å². The number of benzene rings is 3. The van der Waals surface area contributed by atoms with E-state index in [2.05, 4.69) is 36.1 Å². The zero-order valence-electron chi connectivity index (χ0n) is 29.1. The number of aromatic nitrogens is 2. The van der Waals surface area contributed by atoms with Crippen molar-refractivity contribution >= 4 is 23.2 Å². The number of likely N-dealkylation sites (tertiary alicyclic amines) is 1. The van der Waals surface area contributed by atoms with E-state index >= 15 is 4.39 Å². The minimum atomic E-state index is -3.20. The smallest absolute Gasteiger partial charge is 0.309 e. The average Bonchev–Trinajstić information content (AvgIpc) is 3.58. The first-order valence-electron chi connectivity index (χ1n) is 16.8. The zero-order valence-corrected chi connectivity index (χ0v) is 29.9. The number of thiophene rings is 1. The second-order valence-corrected chi connectivity index (χ2v) is 15.4. The molecule has 1 amide bonds. The largest absolute Gasteiger partial charge is 0.481 e. The van der Waals surface area contributed by atoms with Gasteiger partial charge in [0.25, 0.3) is 11.8 Å². The van der Waals surface area contributed by atoms with Gasteiger partial charge in [-0.2, -0.15) is 0 Å². The second-order valence-electron chi connectivity index (χ2n) is 14.3. The summed E-state index contributed by atoms with van der Waals surface area (Å²) in [5.41, 5.74) is 1.96. The molecule has 0 aliphatic carbocycles. The Morgan fingerprint density at radius 1 is 0.865 bits per heavy atom. The molecule has 5 aromatic rings. The lowest BCUT2D eigenvalue weighted by molar-refractivity contribution is -0.147. The third kappa shape index (κ3) is 8.40. The summed E-state index contributed by atoms with van der Waals surface area (Å²) in [6.07, 6.45) is 3.50. The van der Waals surface area contributed by atoms with Crippen LogP contribution in [0.25, 0.3) is 33.6 Å². The molecule has 52 heavy (non-hydrogen) atoms. The van der Waals surface area contributed by atoms with Gasteiger partial charge in [-0.1, -0.05) is 69.3 Å². The highest BCUT2D eigenvalue weighted by Crippen LogP contribution is 2.34. The standard InChI is InChI=1S/C40H38F4N4O3S/c1-39(2,3)35-14-13-34(52-35)37(49)47-29(22-48-20-27(21-48)38(50)51)15-23-5-7-24(8-6-23)36-45-18-26(19-46-36)31-11-9-25(16-32(31)41)30-12-10-28(17-33(30)42)40(4,43)44/h5-14,16-19,27,29H,15,20-22H2,1-4H3,(H,47,49)(H,50,51)/t29-/m0/s1. The molecule has 3 heterocycles. The van der Waals surface area contributed by atoms with Crippen LogP contribution in [-0.4, -0.2) is 57.5 Å². The molecule has 6 rings (SSSR count). The molecule has 1 aliphatic rings. The van der Waals surface area contributed by atoms with Gasteiger partial charge in [0.15, 0.2) is 5.82 Å². The maximum absolute atomic E-state index is 15.2. The van der Waals surface area contributed by atoms with Gasteiger partial charge in [0.1, 0.15) is 11.6 Å². The summed E-state index contributed by atoms with van der Waals surface area (Å²) in [6, 6.07) is 18.4. The molecule has 1 aliphatic heterocycles. The minimum Gasteiger partial charge on any atom is -0.481 e. The van der Waals surface area contributed by atoms with E-state index in [9.17, 15) is 27.9 Å². The number of carbonyl (C=O) groups excluding carboxylic acids is 1. The number of amides is 1. The molecule has 0 spiro atoms. The number of halogens is 4. The fourth-order valence-corrected chi connectivity index (χ4v) is 7.06. The molecule has 7 nitrogen and oxygen atoms in total. The van der Waals surface area contributed by atoms with E-state index in [1.165, 1.54) is 41.9 Å². The van der Waals surface area contributed by atoms with Gasteiger partial charge < -0.3 is 10.4 Å². The minimum absolute atomic E-state index is 0.00626. The highest BCUT2D eigenvalue weighted by atomic mass is 32.1. The van der Waals surface area contributed by atoms with E-state index in [0.717, 1.165) is 34.2 Å². The van der Waals surface area contributed by atoms with Gasteiger partial charge in [-0.05, 0) is 47.2 Å². The SMILES string of the molecule is CC(C)(C)c1ccc(C(=O)N[C@@H](Cc2ccc(-c3ncc(-c4ccc(-c5ccc(C(C)(F)F)cc5F)cc4F)cn3)cc2)CN2CC(C(=O)O)C2)s1. The molecule has 12 heteroatoms. The number of hydrogen-bond donors (Lipinski definition) is 2. The maximum atomic E-state index is 15.2. The molecule has 1 fully saturated rings. The highest BCUT2D eigenvalue weighted by molar-refractivity contribution is 7.14. The van der Waals surface area contributed by atoms with Crippen LogP contribution in [0, 0.1) is 17.6 Å². The van der Waals surface area contributed by atoms with Crippen molar-refractivity contribution in [3.8, 4) is 33.6 Å². The van der Waals surface area contributed by atoms with Crippen molar-refractivity contribution in [3.63, 3.8) is 0 Å². The zero-order chi connectivity index (χ0) is 37.4. The lowest BCUT2D eigenvalue weighted by Crippen LogP contribution is -2.55. The Morgan fingerprint density at radius 2 is 1.48 bits per heavy atom. The molecule has 270 valence electrons. The second kappa shape index (κ2) is 14.6. The summed E-state index contributed by atoms with van der Waals surface area (Å²) in [4.78, 5) is 37.3. The molecule has 3 aromatic carbocycles. The average molecular weight is 731 g/mol. The lowest BCUT2D eigenvalue weighted by atomic mass is 9.95. The first kappa shape index (κ1) is 36.8. The van der Waals surface area contributed by atoms with Crippen molar-refractivity contribution in [2.75, 3.05) is 19.6 Å². The monoisotopic (exact) mass is 730 g/mol. The molecule has 0 saturated carbocycles. The summed E-state index contributed by atoms with van der Waals surface area (Å²) in [6.45, 7) is 8.36. The summed E-state index contributed by atoms with van der Waals surface area (Å²) >= 11 is 1.47. The Morgan fingerprint density at radius 3 is 2.06 bits per heavy atom. The predicted octanol–water partition coefficient (Wildman–Crippen LogP) is 8.58. The van der Waals surface area contributed by atoms with Gasteiger partial charge >= 0.3 is 5.97 Å². The van der Waals surface area contributed by atoms with Crippen LogP contribution in [0.4, 0.5) is 17.6 Å².